The maximum atomic E-state index is 12.6. The van der Waals surface area contributed by atoms with Gasteiger partial charge < -0.3 is 4.74 Å². The van der Waals surface area contributed by atoms with Gasteiger partial charge in [0.2, 0.25) is 0 Å². The second kappa shape index (κ2) is 5.15. The molecule has 0 aromatic heterocycles. The summed E-state index contributed by atoms with van der Waals surface area (Å²) in [5, 5.41) is 0. The third-order valence-electron chi connectivity index (χ3n) is 2.15. The van der Waals surface area contributed by atoms with Crippen LogP contribution in [0.1, 0.15) is 33.6 Å². The normalized spacial score (nSPS) is 11.5. The molecule has 0 unspecified atom stereocenters. The number of hydrogen-bond acceptors (Lipinski definition) is 1. The van der Waals surface area contributed by atoms with Crippen molar-refractivity contribution < 1.29 is 9.13 Å². The molecule has 0 aliphatic heterocycles. The van der Waals surface area contributed by atoms with Crippen molar-refractivity contribution in [2.24, 2.45) is 5.41 Å². The van der Waals surface area contributed by atoms with Crippen molar-refractivity contribution in [3.63, 3.8) is 0 Å². The monoisotopic (exact) mass is 210 g/mol. The fourth-order valence-corrected chi connectivity index (χ4v) is 1.32. The summed E-state index contributed by atoms with van der Waals surface area (Å²) in [7, 11) is 0. The average Bonchev–Trinajstić information content (AvgIpc) is 2.14. The number of benzene rings is 1. The Labute approximate surface area is 91.3 Å². The van der Waals surface area contributed by atoms with Crippen molar-refractivity contribution in [1.82, 2.24) is 0 Å². The van der Waals surface area contributed by atoms with Crippen LogP contribution in [0.15, 0.2) is 24.3 Å². The Morgan fingerprint density at radius 1 is 1.13 bits per heavy atom. The van der Waals surface area contributed by atoms with E-state index in [1.165, 1.54) is 12.1 Å². The second-order valence-electron chi connectivity index (χ2n) is 4.97. The molecule has 0 radical (unpaired) electrons. The summed E-state index contributed by atoms with van der Waals surface area (Å²) in [5.41, 5.74) is 0.353. The molecule has 0 atom stereocenters. The minimum atomic E-state index is -0.225. The predicted octanol–water partition coefficient (Wildman–Crippen LogP) is 4.03. The molecule has 15 heavy (non-hydrogen) atoms. The molecule has 84 valence electrons. The van der Waals surface area contributed by atoms with Crippen molar-refractivity contribution in [2.75, 3.05) is 6.61 Å². The van der Waals surface area contributed by atoms with E-state index in [9.17, 15) is 4.39 Å². The van der Waals surface area contributed by atoms with Gasteiger partial charge in [0, 0.05) is 0 Å². The molecular formula is C13H19FO. The SMILES string of the molecule is CC(C)(C)CCCOc1ccc(F)cc1. The van der Waals surface area contributed by atoms with Crippen molar-refractivity contribution in [3.05, 3.63) is 30.1 Å². The largest absolute Gasteiger partial charge is 0.494 e. The molecule has 0 N–H and O–H groups in total. The Kier molecular flexibility index (Phi) is 4.13. The maximum absolute atomic E-state index is 12.6. The van der Waals surface area contributed by atoms with Gasteiger partial charge in [0.1, 0.15) is 11.6 Å². The second-order valence-corrected chi connectivity index (χ2v) is 4.97. The quantitative estimate of drug-likeness (QED) is 0.682. The fourth-order valence-electron chi connectivity index (χ4n) is 1.32. The van der Waals surface area contributed by atoms with Crippen molar-refractivity contribution >= 4 is 0 Å². The van der Waals surface area contributed by atoms with Gasteiger partial charge in [-0.3, -0.25) is 0 Å². The lowest BCUT2D eigenvalue weighted by molar-refractivity contribution is 0.269. The first kappa shape index (κ1) is 12.0. The maximum Gasteiger partial charge on any atom is 0.123 e. The van der Waals surface area contributed by atoms with Crippen LogP contribution in [0.5, 0.6) is 5.75 Å². The lowest BCUT2D eigenvalue weighted by Gasteiger charge is -2.17. The van der Waals surface area contributed by atoms with E-state index in [1.54, 1.807) is 12.1 Å². The average molecular weight is 210 g/mol. The molecule has 0 bridgehead atoms. The Bertz CT molecular complexity index is 284. The highest BCUT2D eigenvalue weighted by Crippen LogP contribution is 2.20. The molecule has 1 nitrogen and oxygen atoms in total. The van der Waals surface area contributed by atoms with E-state index < -0.39 is 0 Å². The van der Waals surface area contributed by atoms with E-state index in [-0.39, 0.29) is 5.82 Å². The highest BCUT2D eigenvalue weighted by molar-refractivity contribution is 5.21. The standard InChI is InChI=1S/C13H19FO/c1-13(2,3)9-4-10-15-12-7-5-11(14)6-8-12/h5-8H,4,9-10H2,1-3H3. The van der Waals surface area contributed by atoms with Gasteiger partial charge in [0.25, 0.3) is 0 Å². The minimum absolute atomic E-state index is 0.225. The lowest BCUT2D eigenvalue weighted by atomic mass is 9.91. The fraction of sp³-hybridized carbons (Fsp3) is 0.538. The third-order valence-corrected chi connectivity index (χ3v) is 2.15. The van der Waals surface area contributed by atoms with Crippen LogP contribution in [-0.4, -0.2) is 6.61 Å². The zero-order chi connectivity index (χ0) is 11.3. The molecule has 1 aromatic carbocycles. The number of hydrogen-bond donors (Lipinski definition) is 0. The molecule has 0 spiro atoms. The summed E-state index contributed by atoms with van der Waals surface area (Å²) in [6, 6.07) is 6.15. The van der Waals surface area contributed by atoms with Crippen LogP contribution in [0.2, 0.25) is 0 Å². The minimum Gasteiger partial charge on any atom is -0.494 e. The zero-order valence-corrected chi connectivity index (χ0v) is 9.72. The van der Waals surface area contributed by atoms with Gasteiger partial charge in [0.05, 0.1) is 6.61 Å². The van der Waals surface area contributed by atoms with E-state index in [0.717, 1.165) is 18.6 Å². The summed E-state index contributed by atoms with van der Waals surface area (Å²) in [5.74, 6) is 0.516. The summed E-state index contributed by atoms with van der Waals surface area (Å²) >= 11 is 0. The first-order valence-corrected chi connectivity index (χ1v) is 5.36. The number of halogens is 1. The number of rotatable bonds is 4. The van der Waals surface area contributed by atoms with Gasteiger partial charge in [-0.05, 0) is 42.5 Å². The van der Waals surface area contributed by atoms with E-state index in [2.05, 4.69) is 20.8 Å². The molecule has 0 saturated carbocycles. The van der Waals surface area contributed by atoms with E-state index >= 15 is 0 Å². The van der Waals surface area contributed by atoms with Gasteiger partial charge in [-0.2, -0.15) is 0 Å². The molecule has 0 amide bonds. The van der Waals surface area contributed by atoms with Crippen LogP contribution >= 0.6 is 0 Å². The van der Waals surface area contributed by atoms with Crippen molar-refractivity contribution in [2.45, 2.75) is 33.6 Å². The Morgan fingerprint density at radius 3 is 2.27 bits per heavy atom. The molecule has 0 fully saturated rings. The van der Waals surface area contributed by atoms with Crippen molar-refractivity contribution in [1.29, 1.82) is 0 Å². The van der Waals surface area contributed by atoms with Crippen LogP contribution in [-0.2, 0) is 0 Å². The van der Waals surface area contributed by atoms with E-state index in [1.807, 2.05) is 0 Å². The predicted molar refractivity (Wildman–Crippen MR) is 60.6 cm³/mol. The van der Waals surface area contributed by atoms with Crippen LogP contribution in [0.3, 0.4) is 0 Å². The summed E-state index contributed by atoms with van der Waals surface area (Å²) < 4.78 is 18.1. The molecule has 0 aliphatic rings. The highest BCUT2D eigenvalue weighted by atomic mass is 19.1. The zero-order valence-electron chi connectivity index (χ0n) is 9.72. The molecule has 1 rings (SSSR count). The highest BCUT2D eigenvalue weighted by Gasteiger charge is 2.09. The summed E-state index contributed by atoms with van der Waals surface area (Å²) in [6.45, 7) is 7.34. The van der Waals surface area contributed by atoms with E-state index in [4.69, 9.17) is 4.74 Å². The van der Waals surface area contributed by atoms with Gasteiger partial charge in [-0.1, -0.05) is 20.8 Å². The molecule has 0 aliphatic carbocycles. The smallest absolute Gasteiger partial charge is 0.123 e. The van der Waals surface area contributed by atoms with E-state index in [0.29, 0.717) is 12.0 Å². The first-order chi connectivity index (χ1) is 6.97. The third kappa shape index (κ3) is 5.40. The van der Waals surface area contributed by atoms with Gasteiger partial charge in [0.15, 0.2) is 0 Å². The van der Waals surface area contributed by atoms with Crippen LogP contribution in [0.4, 0.5) is 4.39 Å². The summed E-state index contributed by atoms with van der Waals surface area (Å²) in [6.07, 6.45) is 2.16. The molecule has 0 saturated heterocycles. The van der Waals surface area contributed by atoms with Gasteiger partial charge in [-0.25, -0.2) is 4.39 Å². The Balaban J connectivity index is 2.23. The molecular weight excluding hydrogens is 191 g/mol. The first-order valence-electron chi connectivity index (χ1n) is 5.36. The van der Waals surface area contributed by atoms with Crippen LogP contribution in [0, 0.1) is 11.2 Å². The molecule has 1 aromatic rings. The summed E-state index contributed by atoms with van der Waals surface area (Å²) in [4.78, 5) is 0. The Hall–Kier alpha value is -1.05. The van der Waals surface area contributed by atoms with Crippen LogP contribution < -0.4 is 4.74 Å². The van der Waals surface area contributed by atoms with Crippen LogP contribution in [0.25, 0.3) is 0 Å². The topological polar surface area (TPSA) is 9.23 Å². The number of ether oxygens (including phenoxy) is 1. The Morgan fingerprint density at radius 2 is 1.73 bits per heavy atom. The molecule has 0 heterocycles. The van der Waals surface area contributed by atoms with Gasteiger partial charge >= 0.3 is 0 Å². The lowest BCUT2D eigenvalue weighted by Crippen LogP contribution is -2.07. The molecule has 2 heteroatoms. The van der Waals surface area contributed by atoms with Crippen molar-refractivity contribution in [3.8, 4) is 5.75 Å². The van der Waals surface area contributed by atoms with Gasteiger partial charge in [-0.15, -0.1) is 0 Å².